The lowest BCUT2D eigenvalue weighted by atomic mass is 10.0. The van der Waals surface area contributed by atoms with Crippen LogP contribution in [0.5, 0.6) is 0 Å². The number of nitrogens with zero attached hydrogens (tertiary/aromatic N) is 1. The van der Waals surface area contributed by atoms with Crippen molar-refractivity contribution in [1.82, 2.24) is 0 Å². The summed E-state index contributed by atoms with van der Waals surface area (Å²) < 4.78 is 39.2. The number of nitro benzene ring substituents is 1. The highest BCUT2D eigenvalue weighted by atomic mass is 19.4. The van der Waals surface area contributed by atoms with Gasteiger partial charge in [-0.05, 0) is 17.7 Å². The van der Waals surface area contributed by atoms with Crippen LogP contribution in [-0.2, 0) is 11.0 Å². The first-order valence-electron chi connectivity index (χ1n) is 7.14. The van der Waals surface area contributed by atoms with Crippen molar-refractivity contribution < 1.29 is 22.9 Å². The monoisotopic (exact) mass is 353 g/mol. The molecule has 0 aliphatic heterocycles. The Morgan fingerprint density at radius 1 is 1.20 bits per heavy atom. The molecule has 6 nitrogen and oxygen atoms in total. The number of anilines is 1. The predicted octanol–water partition coefficient (Wildman–Crippen LogP) is 3.64. The number of amides is 1. The summed E-state index contributed by atoms with van der Waals surface area (Å²) in [6.07, 6.45) is -5.03. The Labute approximate surface area is 140 Å². The second-order valence-electron chi connectivity index (χ2n) is 5.26. The van der Waals surface area contributed by atoms with Gasteiger partial charge >= 0.3 is 6.18 Å². The first kappa shape index (κ1) is 18.2. The predicted molar refractivity (Wildman–Crippen MR) is 84.7 cm³/mol. The molecule has 0 aliphatic carbocycles. The molecular weight excluding hydrogens is 339 g/mol. The number of hydrogen-bond acceptors (Lipinski definition) is 4. The Kier molecular flexibility index (Phi) is 5.26. The van der Waals surface area contributed by atoms with E-state index in [1.54, 1.807) is 30.3 Å². The van der Waals surface area contributed by atoms with E-state index < -0.39 is 34.3 Å². The maximum absolute atomic E-state index is 13.1. The number of primary amides is 1. The highest BCUT2D eigenvalue weighted by Crippen LogP contribution is 2.38. The van der Waals surface area contributed by atoms with E-state index in [0.717, 1.165) is 12.1 Å². The van der Waals surface area contributed by atoms with Crippen LogP contribution < -0.4 is 11.1 Å². The largest absolute Gasteiger partial charge is 0.423 e. The van der Waals surface area contributed by atoms with Gasteiger partial charge in [-0.2, -0.15) is 13.2 Å². The molecule has 0 bridgehead atoms. The molecular formula is C16H14F3N3O3. The van der Waals surface area contributed by atoms with E-state index in [2.05, 4.69) is 5.32 Å². The summed E-state index contributed by atoms with van der Waals surface area (Å²) in [7, 11) is 0. The van der Waals surface area contributed by atoms with E-state index >= 15 is 0 Å². The zero-order valence-electron chi connectivity index (χ0n) is 12.8. The number of nitrogens with one attached hydrogen (secondary N) is 1. The third kappa shape index (κ3) is 4.69. The second-order valence-corrected chi connectivity index (χ2v) is 5.26. The first-order valence-corrected chi connectivity index (χ1v) is 7.14. The Morgan fingerprint density at radius 3 is 2.36 bits per heavy atom. The van der Waals surface area contributed by atoms with Gasteiger partial charge in [0, 0.05) is 11.8 Å². The van der Waals surface area contributed by atoms with E-state index in [9.17, 15) is 28.1 Å². The Morgan fingerprint density at radius 2 is 1.84 bits per heavy atom. The summed E-state index contributed by atoms with van der Waals surface area (Å²) in [5.41, 5.74) is 3.43. The van der Waals surface area contributed by atoms with Crippen molar-refractivity contribution in [3.05, 3.63) is 69.8 Å². The third-order valence-corrected chi connectivity index (χ3v) is 3.45. The fraction of sp³-hybridized carbons (Fsp3) is 0.188. The Bertz CT molecular complexity index is 779. The highest BCUT2D eigenvalue weighted by molar-refractivity contribution is 5.75. The topological polar surface area (TPSA) is 98.3 Å². The van der Waals surface area contributed by atoms with Crippen LogP contribution in [0.3, 0.4) is 0 Å². The van der Waals surface area contributed by atoms with E-state index in [1.165, 1.54) is 0 Å². The van der Waals surface area contributed by atoms with Crippen molar-refractivity contribution in [1.29, 1.82) is 0 Å². The molecule has 0 saturated heterocycles. The van der Waals surface area contributed by atoms with Crippen molar-refractivity contribution >= 4 is 17.3 Å². The smallest absolute Gasteiger partial charge is 0.378 e. The van der Waals surface area contributed by atoms with Gasteiger partial charge in [-0.1, -0.05) is 30.3 Å². The summed E-state index contributed by atoms with van der Waals surface area (Å²) in [5.74, 6) is -0.640. The lowest BCUT2D eigenvalue weighted by molar-refractivity contribution is -0.388. The standard InChI is InChI=1S/C16H14F3N3O3/c17-16(18,19)12-8-11(6-7-14(12)22(24)25)21-13(9-15(20)23)10-4-2-1-3-5-10/h1-8,13,21H,9H2,(H2,20,23). The molecule has 0 heterocycles. The average Bonchev–Trinajstić information content (AvgIpc) is 2.53. The molecule has 2 aromatic rings. The number of benzene rings is 2. The summed E-state index contributed by atoms with van der Waals surface area (Å²) in [4.78, 5) is 21.0. The number of alkyl halides is 3. The highest BCUT2D eigenvalue weighted by Gasteiger charge is 2.38. The van der Waals surface area contributed by atoms with Gasteiger partial charge in [0.15, 0.2) is 0 Å². The van der Waals surface area contributed by atoms with Crippen LogP contribution >= 0.6 is 0 Å². The van der Waals surface area contributed by atoms with Crippen molar-refractivity contribution in [3.8, 4) is 0 Å². The van der Waals surface area contributed by atoms with Gasteiger partial charge in [-0.25, -0.2) is 0 Å². The van der Waals surface area contributed by atoms with Crippen molar-refractivity contribution in [2.45, 2.75) is 18.6 Å². The fourth-order valence-electron chi connectivity index (χ4n) is 2.35. The zero-order valence-corrected chi connectivity index (χ0v) is 12.8. The molecule has 2 rings (SSSR count). The van der Waals surface area contributed by atoms with E-state index in [-0.39, 0.29) is 12.1 Å². The quantitative estimate of drug-likeness (QED) is 0.612. The minimum atomic E-state index is -4.88. The molecule has 132 valence electrons. The number of carbonyl (C=O) groups excluding carboxylic acids is 1. The van der Waals surface area contributed by atoms with Crippen molar-refractivity contribution in [2.75, 3.05) is 5.32 Å². The van der Waals surface area contributed by atoms with E-state index in [0.29, 0.717) is 11.6 Å². The van der Waals surface area contributed by atoms with Gasteiger partial charge in [-0.15, -0.1) is 0 Å². The van der Waals surface area contributed by atoms with Crippen LogP contribution in [0.4, 0.5) is 24.5 Å². The number of carbonyl (C=O) groups is 1. The van der Waals surface area contributed by atoms with Crippen LogP contribution in [-0.4, -0.2) is 10.8 Å². The first-order chi connectivity index (χ1) is 11.7. The average molecular weight is 353 g/mol. The van der Waals surface area contributed by atoms with Gasteiger partial charge in [0.25, 0.3) is 5.69 Å². The minimum absolute atomic E-state index is 0.00646. The normalized spacial score (nSPS) is 12.4. The summed E-state index contributed by atoms with van der Waals surface area (Å²) in [6.45, 7) is 0. The van der Waals surface area contributed by atoms with Crippen molar-refractivity contribution in [3.63, 3.8) is 0 Å². The lowest BCUT2D eigenvalue weighted by Gasteiger charge is -2.20. The number of halogens is 3. The van der Waals surface area contributed by atoms with Gasteiger partial charge in [0.05, 0.1) is 17.4 Å². The molecule has 1 amide bonds. The minimum Gasteiger partial charge on any atom is -0.378 e. The van der Waals surface area contributed by atoms with Gasteiger partial charge in [-0.3, -0.25) is 14.9 Å². The van der Waals surface area contributed by atoms with Crippen molar-refractivity contribution in [2.24, 2.45) is 5.73 Å². The Balaban J connectivity index is 2.39. The maximum Gasteiger partial charge on any atom is 0.423 e. The molecule has 0 radical (unpaired) electrons. The van der Waals surface area contributed by atoms with Crippen LogP contribution in [0.2, 0.25) is 0 Å². The summed E-state index contributed by atoms with van der Waals surface area (Å²) >= 11 is 0. The molecule has 2 aromatic carbocycles. The number of nitro groups is 1. The molecule has 1 atom stereocenters. The lowest BCUT2D eigenvalue weighted by Crippen LogP contribution is -2.21. The summed E-state index contributed by atoms with van der Waals surface area (Å²) in [6, 6.07) is 10.5. The Hall–Kier alpha value is -3.10. The molecule has 0 aliphatic rings. The fourth-order valence-corrected chi connectivity index (χ4v) is 2.35. The molecule has 9 heteroatoms. The molecule has 0 spiro atoms. The van der Waals surface area contributed by atoms with E-state index in [1.807, 2.05) is 0 Å². The van der Waals surface area contributed by atoms with E-state index in [4.69, 9.17) is 5.73 Å². The number of rotatable bonds is 6. The van der Waals surface area contributed by atoms with Crippen LogP contribution in [0, 0.1) is 10.1 Å². The molecule has 0 fully saturated rings. The molecule has 25 heavy (non-hydrogen) atoms. The van der Waals surface area contributed by atoms with Gasteiger partial charge in [0.2, 0.25) is 5.91 Å². The van der Waals surface area contributed by atoms with Gasteiger partial charge < -0.3 is 11.1 Å². The zero-order chi connectivity index (χ0) is 18.6. The maximum atomic E-state index is 13.1. The molecule has 3 N–H and O–H groups in total. The number of hydrogen-bond donors (Lipinski definition) is 2. The van der Waals surface area contributed by atoms with Crippen LogP contribution in [0.15, 0.2) is 48.5 Å². The van der Waals surface area contributed by atoms with Crippen LogP contribution in [0.1, 0.15) is 23.6 Å². The molecule has 0 aromatic heterocycles. The third-order valence-electron chi connectivity index (χ3n) is 3.45. The molecule has 1 unspecified atom stereocenters. The van der Waals surface area contributed by atoms with Crippen LogP contribution in [0.25, 0.3) is 0 Å². The molecule has 0 saturated carbocycles. The second kappa shape index (κ2) is 7.20. The SMILES string of the molecule is NC(=O)CC(Nc1ccc([N+](=O)[O-])c(C(F)(F)F)c1)c1ccccc1. The van der Waals surface area contributed by atoms with Gasteiger partial charge in [0.1, 0.15) is 5.56 Å². The number of nitrogens with two attached hydrogens (primary N) is 1. The summed E-state index contributed by atoms with van der Waals surface area (Å²) in [5, 5.41) is 13.6.